The maximum atomic E-state index is 8.00. The second kappa shape index (κ2) is 25.3. The van der Waals surface area contributed by atoms with Gasteiger partial charge in [0.1, 0.15) is 6.79 Å². The third-order valence-corrected chi connectivity index (χ3v) is 3.16. The SMILES string of the molecule is C=O.CC.CC/C=C(\C=C/NN(C)CCCC)Cc1ccccc1.CO. The zero-order valence-electron chi connectivity index (χ0n) is 17.7. The average molecular weight is 365 g/mol. The Labute approximate surface area is 161 Å². The predicted octanol–water partition coefficient (Wildman–Crippen LogP) is 4.77. The van der Waals surface area contributed by atoms with Gasteiger partial charge in [0.2, 0.25) is 0 Å². The van der Waals surface area contributed by atoms with Crippen LogP contribution < -0.4 is 5.43 Å². The summed E-state index contributed by atoms with van der Waals surface area (Å²) >= 11 is 0. The van der Waals surface area contributed by atoms with Gasteiger partial charge in [-0.2, -0.15) is 0 Å². The number of rotatable bonds is 9. The molecule has 1 rings (SSSR count). The van der Waals surface area contributed by atoms with Gasteiger partial charge in [0.25, 0.3) is 0 Å². The number of hydrazine groups is 1. The summed E-state index contributed by atoms with van der Waals surface area (Å²) in [4.78, 5) is 8.00. The summed E-state index contributed by atoms with van der Waals surface area (Å²) in [6.45, 7) is 11.5. The van der Waals surface area contributed by atoms with E-state index < -0.39 is 0 Å². The fraction of sp³-hybridized carbons (Fsp3) is 0.500. The Balaban J connectivity index is -0.000000795. The van der Waals surface area contributed by atoms with Crippen LogP contribution in [0.2, 0.25) is 0 Å². The number of aliphatic hydroxyl groups excluding tert-OH is 1. The topological polar surface area (TPSA) is 52.6 Å². The van der Waals surface area contributed by atoms with Gasteiger partial charge in [-0.25, -0.2) is 5.01 Å². The van der Waals surface area contributed by atoms with Crippen LogP contribution in [-0.2, 0) is 11.2 Å². The van der Waals surface area contributed by atoms with Gasteiger partial charge in [-0.05, 0) is 36.5 Å². The van der Waals surface area contributed by atoms with Crippen LogP contribution in [0.15, 0.2) is 54.3 Å². The van der Waals surface area contributed by atoms with Gasteiger partial charge < -0.3 is 15.3 Å². The number of carbonyl (C=O) groups excluding carboxylic acids is 1. The molecule has 0 spiro atoms. The molecule has 150 valence electrons. The number of carbonyl (C=O) groups is 1. The summed E-state index contributed by atoms with van der Waals surface area (Å²) in [6, 6.07) is 10.6. The lowest BCUT2D eigenvalue weighted by Crippen LogP contribution is -2.30. The molecule has 1 aromatic rings. The predicted molar refractivity (Wildman–Crippen MR) is 115 cm³/mol. The van der Waals surface area contributed by atoms with Crippen LogP contribution in [0.3, 0.4) is 0 Å². The fourth-order valence-electron chi connectivity index (χ4n) is 2.02. The van der Waals surface area contributed by atoms with Gasteiger partial charge in [0.15, 0.2) is 0 Å². The van der Waals surface area contributed by atoms with E-state index in [1.165, 1.54) is 24.0 Å². The van der Waals surface area contributed by atoms with Gasteiger partial charge in [0, 0.05) is 26.9 Å². The number of benzene rings is 1. The lowest BCUT2D eigenvalue weighted by atomic mass is 10.0. The highest BCUT2D eigenvalue weighted by Gasteiger charge is 1.96. The van der Waals surface area contributed by atoms with E-state index in [1.807, 2.05) is 26.8 Å². The first-order chi connectivity index (χ1) is 12.8. The van der Waals surface area contributed by atoms with Crippen molar-refractivity contribution in [1.29, 1.82) is 0 Å². The minimum absolute atomic E-state index is 0.992. The first-order valence-corrected chi connectivity index (χ1v) is 9.36. The van der Waals surface area contributed by atoms with E-state index in [4.69, 9.17) is 9.90 Å². The van der Waals surface area contributed by atoms with Crippen LogP contribution in [-0.4, -0.2) is 37.6 Å². The van der Waals surface area contributed by atoms with Crippen molar-refractivity contribution in [2.45, 2.75) is 53.4 Å². The molecule has 0 saturated heterocycles. The molecule has 0 radical (unpaired) electrons. The molecule has 4 nitrogen and oxygen atoms in total. The molecule has 1 aromatic carbocycles. The third-order valence-electron chi connectivity index (χ3n) is 3.16. The number of nitrogens with zero attached hydrogens (tertiary/aromatic N) is 1. The fourth-order valence-corrected chi connectivity index (χ4v) is 2.02. The molecule has 0 aromatic heterocycles. The zero-order chi connectivity index (χ0) is 20.6. The molecule has 0 atom stereocenters. The molecule has 4 heteroatoms. The highest BCUT2D eigenvalue weighted by atomic mass is 16.2. The standard InChI is InChI=1S/C18H28N2.C2H6.CH4O.CH2O/c1-4-6-15-20(3)19-14-13-17(10-5-2)16-18-11-8-7-9-12-18;3*1-2/h7-14,19H,4-6,15-16H2,1-3H3;1-2H3;2H,1H3;1H2/b14-13-,17-10+;;;. The minimum atomic E-state index is 0.992. The minimum Gasteiger partial charge on any atom is -0.400 e. The first kappa shape index (κ1) is 28.9. The Morgan fingerprint density at radius 1 is 1.15 bits per heavy atom. The zero-order valence-corrected chi connectivity index (χ0v) is 17.7. The number of hydrogen-bond donors (Lipinski definition) is 2. The molecule has 0 aliphatic heterocycles. The van der Waals surface area contributed by atoms with E-state index in [2.05, 4.69) is 73.8 Å². The summed E-state index contributed by atoms with van der Waals surface area (Å²) in [5.74, 6) is 0. The van der Waals surface area contributed by atoms with Crippen molar-refractivity contribution in [3.63, 3.8) is 0 Å². The van der Waals surface area contributed by atoms with Crippen molar-refractivity contribution in [3.8, 4) is 0 Å². The molecule has 0 saturated carbocycles. The third kappa shape index (κ3) is 18.4. The van der Waals surface area contributed by atoms with E-state index >= 15 is 0 Å². The number of unbranched alkanes of at least 4 members (excludes halogenated alkanes) is 1. The summed E-state index contributed by atoms with van der Waals surface area (Å²) in [6.07, 6.45) is 11.0. The molecular weight excluding hydrogens is 324 g/mol. The largest absolute Gasteiger partial charge is 0.400 e. The van der Waals surface area contributed by atoms with Crippen LogP contribution >= 0.6 is 0 Å². The van der Waals surface area contributed by atoms with E-state index in [-0.39, 0.29) is 0 Å². The molecule has 0 heterocycles. The van der Waals surface area contributed by atoms with E-state index in [9.17, 15) is 0 Å². The lowest BCUT2D eigenvalue weighted by molar-refractivity contribution is -0.0979. The Morgan fingerprint density at radius 2 is 1.73 bits per heavy atom. The highest BCUT2D eigenvalue weighted by molar-refractivity contribution is 5.28. The van der Waals surface area contributed by atoms with Crippen molar-refractivity contribution in [3.05, 3.63) is 59.8 Å². The van der Waals surface area contributed by atoms with Crippen LogP contribution in [0.1, 0.15) is 52.5 Å². The monoisotopic (exact) mass is 364 g/mol. The van der Waals surface area contributed by atoms with Gasteiger partial charge in [-0.3, -0.25) is 0 Å². The van der Waals surface area contributed by atoms with E-state index in [1.54, 1.807) is 0 Å². The first-order valence-electron chi connectivity index (χ1n) is 9.36. The molecular formula is C22H40N2O2. The highest BCUT2D eigenvalue weighted by Crippen LogP contribution is 2.09. The van der Waals surface area contributed by atoms with Gasteiger partial charge in [-0.1, -0.05) is 70.5 Å². The molecule has 26 heavy (non-hydrogen) atoms. The van der Waals surface area contributed by atoms with Crippen molar-refractivity contribution in [2.75, 3.05) is 20.7 Å². The molecule has 0 bridgehead atoms. The number of aliphatic hydroxyl groups is 1. The normalized spacial score (nSPS) is 10.1. The van der Waals surface area contributed by atoms with Crippen molar-refractivity contribution in [1.82, 2.24) is 10.4 Å². The molecule has 0 aliphatic rings. The summed E-state index contributed by atoms with van der Waals surface area (Å²) in [5.41, 5.74) is 6.02. The second-order valence-electron chi connectivity index (χ2n) is 5.09. The van der Waals surface area contributed by atoms with Crippen molar-refractivity contribution < 1.29 is 9.90 Å². The summed E-state index contributed by atoms with van der Waals surface area (Å²) in [7, 11) is 3.08. The molecule has 0 amide bonds. The van der Waals surface area contributed by atoms with Crippen LogP contribution in [0.4, 0.5) is 0 Å². The molecule has 0 aliphatic carbocycles. The maximum absolute atomic E-state index is 8.00. The summed E-state index contributed by atoms with van der Waals surface area (Å²) in [5, 5.41) is 9.13. The van der Waals surface area contributed by atoms with Crippen LogP contribution in [0.25, 0.3) is 0 Å². The smallest absolute Gasteiger partial charge is 0.106 e. The van der Waals surface area contributed by atoms with Gasteiger partial charge >= 0.3 is 0 Å². The van der Waals surface area contributed by atoms with Gasteiger partial charge in [0.05, 0.1) is 0 Å². The maximum Gasteiger partial charge on any atom is 0.106 e. The lowest BCUT2D eigenvalue weighted by Gasteiger charge is -2.15. The Kier molecular flexibility index (Phi) is 28.1. The van der Waals surface area contributed by atoms with E-state index in [0.29, 0.717) is 0 Å². The Hall–Kier alpha value is -1.91. The van der Waals surface area contributed by atoms with Crippen LogP contribution in [0.5, 0.6) is 0 Å². The second-order valence-corrected chi connectivity index (χ2v) is 5.09. The Morgan fingerprint density at radius 3 is 2.23 bits per heavy atom. The number of hydrogen-bond acceptors (Lipinski definition) is 4. The van der Waals surface area contributed by atoms with Crippen molar-refractivity contribution >= 4 is 6.79 Å². The summed E-state index contributed by atoms with van der Waals surface area (Å²) < 4.78 is 0. The molecule has 0 unspecified atom stereocenters. The van der Waals surface area contributed by atoms with Gasteiger partial charge in [-0.15, -0.1) is 0 Å². The Bertz CT molecular complexity index is 431. The number of nitrogens with one attached hydrogen (secondary N) is 1. The van der Waals surface area contributed by atoms with E-state index in [0.717, 1.165) is 26.5 Å². The quantitative estimate of drug-likeness (QED) is 0.490. The molecule has 2 N–H and O–H groups in total. The average Bonchev–Trinajstić information content (AvgIpc) is 2.72. The number of allylic oxidation sites excluding steroid dienone is 3. The molecule has 0 fully saturated rings. The van der Waals surface area contributed by atoms with Crippen LogP contribution in [0, 0.1) is 0 Å². The van der Waals surface area contributed by atoms with Crippen molar-refractivity contribution in [2.24, 2.45) is 0 Å².